The molecule has 2 rings (SSSR count). The summed E-state index contributed by atoms with van der Waals surface area (Å²) in [7, 11) is 1.40. The highest BCUT2D eigenvalue weighted by molar-refractivity contribution is 5.89. The molecule has 0 aromatic heterocycles. The van der Waals surface area contributed by atoms with Crippen LogP contribution in [0.4, 0.5) is 14.9 Å². The van der Waals surface area contributed by atoms with Gasteiger partial charge in [-0.15, -0.1) is 0 Å². The summed E-state index contributed by atoms with van der Waals surface area (Å²) in [6.07, 6.45) is 3.26. The molecule has 1 N–H and O–H groups in total. The highest BCUT2D eigenvalue weighted by Gasteiger charge is 2.16. The first kappa shape index (κ1) is 12.7. The topological polar surface area (TPSA) is 41.6 Å². The van der Waals surface area contributed by atoms with Gasteiger partial charge in [-0.2, -0.15) is 0 Å². The number of hydrogen-bond acceptors (Lipinski definition) is 2. The van der Waals surface area contributed by atoms with Crippen molar-refractivity contribution in [1.29, 1.82) is 0 Å². The molecule has 1 saturated heterocycles. The normalized spacial score (nSPS) is 15.3. The van der Waals surface area contributed by atoms with Crippen molar-refractivity contribution in [3.8, 4) is 5.75 Å². The molecule has 1 aliphatic heterocycles. The summed E-state index contributed by atoms with van der Waals surface area (Å²) in [6.45, 7) is 1.56. The van der Waals surface area contributed by atoms with E-state index >= 15 is 0 Å². The molecule has 0 aliphatic carbocycles. The van der Waals surface area contributed by atoms with Crippen molar-refractivity contribution < 1.29 is 13.9 Å². The Morgan fingerprint density at radius 1 is 1.33 bits per heavy atom. The molecule has 18 heavy (non-hydrogen) atoms. The number of urea groups is 1. The molecular weight excluding hydrogens is 235 g/mol. The maximum atomic E-state index is 13.2. The standard InChI is InChI=1S/C13H17FN2O2/c1-18-12-9-10(5-6-11(12)14)15-13(17)16-7-3-2-4-8-16/h5-6,9H,2-4,7-8H2,1H3,(H,15,17). The van der Waals surface area contributed by atoms with Crippen molar-refractivity contribution in [3.63, 3.8) is 0 Å². The number of amides is 2. The van der Waals surface area contributed by atoms with Crippen LogP contribution in [-0.4, -0.2) is 31.1 Å². The van der Waals surface area contributed by atoms with Crippen molar-refractivity contribution in [1.82, 2.24) is 4.90 Å². The largest absolute Gasteiger partial charge is 0.494 e. The Labute approximate surface area is 106 Å². The third-order valence-electron chi connectivity index (χ3n) is 3.05. The third kappa shape index (κ3) is 2.91. The lowest BCUT2D eigenvalue weighted by Gasteiger charge is -2.26. The van der Waals surface area contributed by atoms with Gasteiger partial charge in [-0.3, -0.25) is 0 Å². The molecule has 1 aromatic rings. The number of nitrogens with one attached hydrogen (secondary N) is 1. The number of benzene rings is 1. The zero-order valence-electron chi connectivity index (χ0n) is 10.4. The van der Waals surface area contributed by atoms with Gasteiger partial charge in [-0.1, -0.05) is 0 Å². The van der Waals surface area contributed by atoms with E-state index in [4.69, 9.17) is 4.74 Å². The van der Waals surface area contributed by atoms with Crippen LogP contribution in [0.1, 0.15) is 19.3 Å². The van der Waals surface area contributed by atoms with Crippen molar-refractivity contribution in [2.75, 3.05) is 25.5 Å². The number of carbonyl (C=O) groups excluding carboxylic acids is 1. The van der Waals surface area contributed by atoms with Crippen LogP contribution in [-0.2, 0) is 0 Å². The van der Waals surface area contributed by atoms with Crippen LogP contribution in [0.5, 0.6) is 5.75 Å². The number of nitrogens with zero attached hydrogens (tertiary/aromatic N) is 1. The van der Waals surface area contributed by atoms with Crippen molar-refractivity contribution in [2.45, 2.75) is 19.3 Å². The highest BCUT2D eigenvalue weighted by Crippen LogP contribution is 2.22. The Hall–Kier alpha value is -1.78. The number of hydrogen-bond donors (Lipinski definition) is 1. The van der Waals surface area contributed by atoms with E-state index in [9.17, 15) is 9.18 Å². The molecule has 1 aliphatic rings. The smallest absolute Gasteiger partial charge is 0.321 e. The van der Waals surface area contributed by atoms with Gasteiger partial charge in [0, 0.05) is 24.8 Å². The van der Waals surface area contributed by atoms with Gasteiger partial charge in [0.05, 0.1) is 7.11 Å². The fraction of sp³-hybridized carbons (Fsp3) is 0.462. The van der Waals surface area contributed by atoms with Crippen LogP contribution in [0.2, 0.25) is 0 Å². The second-order valence-corrected chi connectivity index (χ2v) is 4.33. The van der Waals surface area contributed by atoms with Gasteiger partial charge >= 0.3 is 6.03 Å². The molecule has 0 spiro atoms. The van der Waals surface area contributed by atoms with Crippen molar-refractivity contribution >= 4 is 11.7 Å². The van der Waals surface area contributed by atoms with Gasteiger partial charge in [0.15, 0.2) is 11.6 Å². The van der Waals surface area contributed by atoms with E-state index in [0.717, 1.165) is 25.9 Å². The molecule has 0 atom stereocenters. The summed E-state index contributed by atoms with van der Waals surface area (Å²) in [5.74, 6) is -0.306. The Bertz CT molecular complexity index is 431. The Kier molecular flexibility index (Phi) is 4.02. The minimum atomic E-state index is -0.437. The monoisotopic (exact) mass is 252 g/mol. The molecule has 1 aromatic carbocycles. The van der Waals surface area contributed by atoms with Crippen LogP contribution < -0.4 is 10.1 Å². The van der Waals surface area contributed by atoms with Gasteiger partial charge in [-0.25, -0.2) is 9.18 Å². The zero-order chi connectivity index (χ0) is 13.0. The van der Waals surface area contributed by atoms with E-state index in [1.807, 2.05) is 0 Å². The van der Waals surface area contributed by atoms with Crippen LogP contribution in [0.25, 0.3) is 0 Å². The van der Waals surface area contributed by atoms with E-state index in [0.29, 0.717) is 5.69 Å². The average molecular weight is 252 g/mol. The fourth-order valence-electron chi connectivity index (χ4n) is 2.04. The number of rotatable bonds is 2. The molecular formula is C13H17FN2O2. The first-order valence-corrected chi connectivity index (χ1v) is 6.10. The fourth-order valence-corrected chi connectivity index (χ4v) is 2.04. The maximum absolute atomic E-state index is 13.2. The summed E-state index contributed by atoms with van der Waals surface area (Å²) in [4.78, 5) is 13.7. The molecule has 0 bridgehead atoms. The lowest BCUT2D eigenvalue weighted by molar-refractivity contribution is 0.200. The quantitative estimate of drug-likeness (QED) is 0.879. The first-order valence-electron chi connectivity index (χ1n) is 6.10. The van der Waals surface area contributed by atoms with Crippen LogP contribution in [0.15, 0.2) is 18.2 Å². The molecule has 5 heteroatoms. The average Bonchev–Trinajstić information content (AvgIpc) is 2.42. The van der Waals surface area contributed by atoms with E-state index in [2.05, 4.69) is 5.32 Å². The number of methoxy groups -OCH3 is 1. The SMILES string of the molecule is COc1cc(NC(=O)N2CCCCC2)ccc1F. The van der Waals surface area contributed by atoms with Crippen LogP contribution >= 0.6 is 0 Å². The van der Waals surface area contributed by atoms with Gasteiger partial charge in [0.2, 0.25) is 0 Å². The number of halogens is 1. The van der Waals surface area contributed by atoms with Gasteiger partial charge in [0.1, 0.15) is 0 Å². The lowest BCUT2D eigenvalue weighted by atomic mass is 10.1. The number of ether oxygens (including phenoxy) is 1. The molecule has 2 amide bonds. The Morgan fingerprint density at radius 2 is 2.06 bits per heavy atom. The molecule has 1 fully saturated rings. The summed E-state index contributed by atoms with van der Waals surface area (Å²) < 4.78 is 18.1. The Balaban J connectivity index is 2.02. The second kappa shape index (κ2) is 5.71. The van der Waals surface area contributed by atoms with Crippen molar-refractivity contribution in [2.24, 2.45) is 0 Å². The van der Waals surface area contributed by atoms with Crippen LogP contribution in [0, 0.1) is 5.82 Å². The third-order valence-corrected chi connectivity index (χ3v) is 3.05. The number of anilines is 1. The summed E-state index contributed by atoms with van der Waals surface area (Å²) in [5.41, 5.74) is 0.545. The predicted molar refractivity (Wildman–Crippen MR) is 67.4 cm³/mol. The van der Waals surface area contributed by atoms with Gasteiger partial charge in [-0.05, 0) is 31.4 Å². The van der Waals surface area contributed by atoms with Crippen LogP contribution in [0.3, 0.4) is 0 Å². The minimum Gasteiger partial charge on any atom is -0.494 e. The van der Waals surface area contributed by atoms with E-state index in [1.54, 1.807) is 4.90 Å². The summed E-state index contributed by atoms with van der Waals surface area (Å²) in [6, 6.07) is 4.16. The van der Waals surface area contributed by atoms with Gasteiger partial charge in [0.25, 0.3) is 0 Å². The lowest BCUT2D eigenvalue weighted by Crippen LogP contribution is -2.38. The molecule has 0 saturated carbocycles. The summed E-state index contributed by atoms with van der Waals surface area (Å²) >= 11 is 0. The molecule has 4 nitrogen and oxygen atoms in total. The van der Waals surface area contributed by atoms with Gasteiger partial charge < -0.3 is 15.0 Å². The summed E-state index contributed by atoms with van der Waals surface area (Å²) in [5, 5.41) is 2.75. The molecule has 0 radical (unpaired) electrons. The first-order chi connectivity index (χ1) is 8.70. The number of likely N-dealkylation sites (tertiary alicyclic amines) is 1. The maximum Gasteiger partial charge on any atom is 0.321 e. The van der Waals surface area contributed by atoms with Crippen molar-refractivity contribution in [3.05, 3.63) is 24.0 Å². The highest BCUT2D eigenvalue weighted by atomic mass is 19.1. The minimum absolute atomic E-state index is 0.131. The van der Waals surface area contributed by atoms with E-state index < -0.39 is 5.82 Å². The number of piperidine rings is 1. The number of carbonyl (C=O) groups is 1. The van der Waals surface area contributed by atoms with E-state index in [1.165, 1.54) is 31.7 Å². The molecule has 0 unspecified atom stereocenters. The zero-order valence-corrected chi connectivity index (χ0v) is 10.4. The second-order valence-electron chi connectivity index (χ2n) is 4.33. The van der Waals surface area contributed by atoms with E-state index in [-0.39, 0.29) is 11.8 Å². The predicted octanol–water partition coefficient (Wildman–Crippen LogP) is 2.85. The molecule has 1 heterocycles. The Morgan fingerprint density at radius 3 is 2.72 bits per heavy atom. The molecule has 98 valence electrons.